The monoisotopic (exact) mass is 225 g/mol. The minimum Gasteiger partial charge on any atom is -0.313 e. The van der Waals surface area contributed by atoms with Crippen molar-refractivity contribution in [3.8, 4) is 0 Å². The predicted molar refractivity (Wildman–Crippen MR) is 72.8 cm³/mol. The third-order valence-corrected chi connectivity index (χ3v) is 3.65. The van der Waals surface area contributed by atoms with Crippen molar-refractivity contribution in [2.45, 2.75) is 84.6 Å². The Labute approximate surface area is 102 Å². The summed E-state index contributed by atoms with van der Waals surface area (Å²) >= 11 is 0. The lowest BCUT2D eigenvalue weighted by Crippen LogP contribution is -2.30. The van der Waals surface area contributed by atoms with Crippen molar-refractivity contribution in [1.82, 2.24) is 5.32 Å². The van der Waals surface area contributed by atoms with Crippen molar-refractivity contribution in [1.29, 1.82) is 0 Å². The van der Waals surface area contributed by atoms with Crippen LogP contribution in [0.15, 0.2) is 0 Å². The van der Waals surface area contributed by atoms with Gasteiger partial charge in [0.1, 0.15) is 0 Å². The second-order valence-electron chi connectivity index (χ2n) is 6.34. The van der Waals surface area contributed by atoms with E-state index in [-0.39, 0.29) is 0 Å². The van der Waals surface area contributed by atoms with Crippen LogP contribution in [0.4, 0.5) is 0 Å². The van der Waals surface area contributed by atoms with Gasteiger partial charge in [-0.15, -0.1) is 0 Å². The topological polar surface area (TPSA) is 12.0 Å². The van der Waals surface area contributed by atoms with E-state index in [4.69, 9.17) is 0 Å². The summed E-state index contributed by atoms with van der Waals surface area (Å²) in [6.07, 6.45) is 12.7. The van der Waals surface area contributed by atoms with Crippen LogP contribution in [0.5, 0.6) is 0 Å². The molecule has 1 rings (SSSR count). The van der Waals surface area contributed by atoms with E-state index in [1.54, 1.807) is 0 Å². The zero-order valence-electron chi connectivity index (χ0n) is 11.6. The second kappa shape index (κ2) is 7.32. The minimum atomic E-state index is 0.507. The maximum atomic E-state index is 3.66. The van der Waals surface area contributed by atoms with Gasteiger partial charge in [0.15, 0.2) is 0 Å². The summed E-state index contributed by atoms with van der Waals surface area (Å²) in [5.41, 5.74) is 0.507. The van der Waals surface area contributed by atoms with Gasteiger partial charge >= 0.3 is 0 Å². The van der Waals surface area contributed by atoms with Crippen LogP contribution >= 0.6 is 0 Å². The highest BCUT2D eigenvalue weighted by Crippen LogP contribution is 2.26. The second-order valence-corrected chi connectivity index (χ2v) is 6.34. The molecule has 0 spiro atoms. The average molecular weight is 225 g/mol. The van der Waals surface area contributed by atoms with Crippen LogP contribution in [-0.4, -0.2) is 12.6 Å². The molecule has 1 aliphatic rings. The van der Waals surface area contributed by atoms with E-state index in [0.717, 1.165) is 6.04 Å². The largest absolute Gasteiger partial charge is 0.313 e. The molecule has 16 heavy (non-hydrogen) atoms. The standard InChI is InChI=1S/C15H31N/c1-4-5-6-7-8-9-12-15(2,3)13-16-14-10-11-14/h14,16H,4-13H2,1-3H3. The first-order valence-corrected chi connectivity index (χ1v) is 7.37. The van der Waals surface area contributed by atoms with Gasteiger partial charge in [0.05, 0.1) is 0 Å². The number of hydrogen-bond donors (Lipinski definition) is 1. The Morgan fingerprint density at radius 2 is 1.62 bits per heavy atom. The molecular weight excluding hydrogens is 194 g/mol. The Hall–Kier alpha value is -0.0400. The van der Waals surface area contributed by atoms with Crippen molar-refractivity contribution in [3.05, 3.63) is 0 Å². The molecule has 1 fully saturated rings. The van der Waals surface area contributed by atoms with Crippen LogP contribution in [0.3, 0.4) is 0 Å². The number of nitrogens with one attached hydrogen (secondary N) is 1. The first-order valence-electron chi connectivity index (χ1n) is 7.37. The summed E-state index contributed by atoms with van der Waals surface area (Å²) in [5.74, 6) is 0. The van der Waals surface area contributed by atoms with Gasteiger partial charge in [-0.25, -0.2) is 0 Å². The van der Waals surface area contributed by atoms with Gasteiger partial charge in [0.2, 0.25) is 0 Å². The normalized spacial score (nSPS) is 16.7. The average Bonchev–Trinajstić information content (AvgIpc) is 3.04. The van der Waals surface area contributed by atoms with Crippen LogP contribution in [0.25, 0.3) is 0 Å². The molecule has 0 saturated heterocycles. The van der Waals surface area contributed by atoms with Gasteiger partial charge in [-0.1, -0.05) is 59.3 Å². The SMILES string of the molecule is CCCCCCCCC(C)(C)CNC1CC1. The van der Waals surface area contributed by atoms with Crippen molar-refractivity contribution in [2.75, 3.05) is 6.54 Å². The summed E-state index contributed by atoms with van der Waals surface area (Å²) in [6, 6.07) is 0.865. The van der Waals surface area contributed by atoms with E-state index in [2.05, 4.69) is 26.1 Å². The lowest BCUT2D eigenvalue weighted by molar-refractivity contribution is 0.300. The molecule has 0 bridgehead atoms. The third-order valence-electron chi connectivity index (χ3n) is 3.65. The van der Waals surface area contributed by atoms with Crippen LogP contribution in [0, 0.1) is 5.41 Å². The molecule has 1 aliphatic carbocycles. The van der Waals surface area contributed by atoms with E-state index < -0.39 is 0 Å². The van der Waals surface area contributed by atoms with Crippen molar-refractivity contribution in [2.24, 2.45) is 5.41 Å². The van der Waals surface area contributed by atoms with Gasteiger partial charge in [-0.05, 0) is 24.7 Å². The fourth-order valence-corrected chi connectivity index (χ4v) is 2.18. The highest BCUT2D eigenvalue weighted by Gasteiger charge is 2.24. The molecule has 0 amide bonds. The van der Waals surface area contributed by atoms with Crippen LogP contribution in [-0.2, 0) is 0 Å². The van der Waals surface area contributed by atoms with E-state index in [1.165, 1.54) is 64.3 Å². The predicted octanol–water partition coefficient (Wildman–Crippen LogP) is 4.52. The van der Waals surface area contributed by atoms with E-state index in [1.807, 2.05) is 0 Å². The lowest BCUT2D eigenvalue weighted by atomic mass is 9.86. The van der Waals surface area contributed by atoms with Gasteiger partial charge in [-0.3, -0.25) is 0 Å². The minimum absolute atomic E-state index is 0.507. The molecule has 0 aliphatic heterocycles. The Morgan fingerprint density at radius 1 is 1.00 bits per heavy atom. The smallest absolute Gasteiger partial charge is 0.00684 e. The Bertz CT molecular complexity index is 170. The highest BCUT2D eigenvalue weighted by molar-refractivity contribution is 4.83. The molecule has 0 atom stereocenters. The number of rotatable bonds is 10. The van der Waals surface area contributed by atoms with Gasteiger partial charge in [0.25, 0.3) is 0 Å². The maximum Gasteiger partial charge on any atom is 0.00684 e. The summed E-state index contributed by atoms with van der Waals surface area (Å²) < 4.78 is 0. The molecule has 1 saturated carbocycles. The highest BCUT2D eigenvalue weighted by atomic mass is 15.0. The van der Waals surface area contributed by atoms with Gasteiger partial charge < -0.3 is 5.32 Å². The lowest BCUT2D eigenvalue weighted by Gasteiger charge is -2.25. The Kier molecular flexibility index (Phi) is 6.41. The quantitative estimate of drug-likeness (QED) is 0.539. The van der Waals surface area contributed by atoms with Gasteiger partial charge in [0, 0.05) is 12.6 Å². The molecule has 0 unspecified atom stereocenters. The summed E-state index contributed by atoms with van der Waals surface area (Å²) in [6.45, 7) is 8.32. The fourth-order valence-electron chi connectivity index (χ4n) is 2.18. The molecule has 0 heterocycles. The molecule has 0 aromatic heterocycles. The van der Waals surface area contributed by atoms with Crippen LogP contribution < -0.4 is 5.32 Å². The van der Waals surface area contributed by atoms with E-state index in [9.17, 15) is 0 Å². The van der Waals surface area contributed by atoms with E-state index in [0.29, 0.717) is 5.41 Å². The summed E-state index contributed by atoms with van der Waals surface area (Å²) in [4.78, 5) is 0. The molecule has 96 valence electrons. The first-order chi connectivity index (χ1) is 7.64. The fraction of sp³-hybridized carbons (Fsp3) is 1.00. The molecule has 0 aromatic rings. The molecular formula is C15H31N. The Morgan fingerprint density at radius 3 is 2.25 bits per heavy atom. The molecule has 1 nitrogen and oxygen atoms in total. The van der Waals surface area contributed by atoms with Crippen molar-refractivity contribution in [3.63, 3.8) is 0 Å². The van der Waals surface area contributed by atoms with E-state index >= 15 is 0 Å². The van der Waals surface area contributed by atoms with Gasteiger partial charge in [-0.2, -0.15) is 0 Å². The first kappa shape index (κ1) is 14.0. The molecule has 1 N–H and O–H groups in total. The molecule has 1 heteroatoms. The molecule has 0 radical (unpaired) electrons. The van der Waals surface area contributed by atoms with Crippen molar-refractivity contribution < 1.29 is 0 Å². The molecule has 0 aromatic carbocycles. The van der Waals surface area contributed by atoms with Crippen molar-refractivity contribution >= 4 is 0 Å². The summed E-state index contributed by atoms with van der Waals surface area (Å²) in [7, 11) is 0. The third kappa shape index (κ3) is 7.27. The zero-order chi connectivity index (χ0) is 11.9. The van der Waals surface area contributed by atoms with Crippen LogP contribution in [0.2, 0.25) is 0 Å². The Balaban J connectivity index is 1.92. The number of unbranched alkanes of at least 4 members (excludes halogenated alkanes) is 5. The zero-order valence-corrected chi connectivity index (χ0v) is 11.6. The maximum absolute atomic E-state index is 3.66. The van der Waals surface area contributed by atoms with Crippen LogP contribution in [0.1, 0.15) is 78.6 Å². The summed E-state index contributed by atoms with van der Waals surface area (Å²) in [5, 5.41) is 3.66. The number of hydrogen-bond acceptors (Lipinski definition) is 1.